The van der Waals surface area contributed by atoms with Gasteiger partial charge >= 0.3 is 0 Å². The fourth-order valence-electron chi connectivity index (χ4n) is 1.34. The molecule has 15 heavy (non-hydrogen) atoms. The Morgan fingerprint density at radius 2 is 1.60 bits per heavy atom. The molecule has 0 saturated carbocycles. The summed E-state index contributed by atoms with van der Waals surface area (Å²) in [5.41, 5.74) is 2.56. The fraction of sp³-hybridized carbons (Fsp3) is 0.467. The zero-order valence-electron chi connectivity index (χ0n) is 10.4. The molecule has 0 bridgehead atoms. The lowest BCUT2D eigenvalue weighted by molar-refractivity contribution is 0.980. The summed E-state index contributed by atoms with van der Waals surface area (Å²) in [5.74, 6) is 0. The molecule has 0 heterocycles. The standard InChI is InChI=1S/C15H24/c1-5-6-7-8-9-10-11-12-15(4)13-14(2)3/h5-6,9-10,13H,4,7-8,11-12H2,1-3H3. The highest BCUT2D eigenvalue weighted by atomic mass is 13.9. The van der Waals surface area contributed by atoms with Gasteiger partial charge in [-0.15, -0.1) is 0 Å². The molecule has 0 spiro atoms. The van der Waals surface area contributed by atoms with Gasteiger partial charge in [-0.05, 0) is 46.5 Å². The highest BCUT2D eigenvalue weighted by Crippen LogP contribution is 2.08. The summed E-state index contributed by atoms with van der Waals surface area (Å²) in [4.78, 5) is 0. The number of hydrogen-bond acceptors (Lipinski definition) is 0. The largest absolute Gasteiger partial charge is 0.0958 e. The van der Waals surface area contributed by atoms with Gasteiger partial charge in [0.15, 0.2) is 0 Å². The Bertz CT molecular complexity index is 247. The minimum absolute atomic E-state index is 1.07. The maximum absolute atomic E-state index is 4.02. The topological polar surface area (TPSA) is 0 Å². The second-order valence-electron chi connectivity index (χ2n) is 4.04. The molecular weight excluding hydrogens is 180 g/mol. The van der Waals surface area contributed by atoms with Crippen molar-refractivity contribution in [2.45, 2.75) is 46.5 Å². The van der Waals surface area contributed by atoms with E-state index in [-0.39, 0.29) is 0 Å². The molecule has 0 radical (unpaired) electrons. The van der Waals surface area contributed by atoms with Crippen LogP contribution in [0.3, 0.4) is 0 Å². The van der Waals surface area contributed by atoms with Crippen molar-refractivity contribution in [3.63, 3.8) is 0 Å². The molecular formula is C15H24. The molecule has 0 aromatic carbocycles. The van der Waals surface area contributed by atoms with E-state index in [1.807, 2.05) is 0 Å². The van der Waals surface area contributed by atoms with Gasteiger partial charge in [-0.1, -0.05) is 48.1 Å². The molecule has 0 unspecified atom stereocenters. The summed E-state index contributed by atoms with van der Waals surface area (Å²) < 4.78 is 0. The van der Waals surface area contributed by atoms with Crippen molar-refractivity contribution in [3.8, 4) is 0 Å². The molecule has 0 nitrogen and oxygen atoms in total. The first-order valence-electron chi connectivity index (χ1n) is 5.75. The number of hydrogen-bond donors (Lipinski definition) is 0. The number of rotatable bonds is 7. The Morgan fingerprint density at radius 1 is 1.00 bits per heavy atom. The Kier molecular flexibility index (Phi) is 8.85. The van der Waals surface area contributed by atoms with E-state index in [0.717, 1.165) is 25.7 Å². The first-order chi connectivity index (χ1) is 7.16. The van der Waals surface area contributed by atoms with Gasteiger partial charge in [0.25, 0.3) is 0 Å². The SMILES string of the molecule is C=C(C=C(C)C)CCC=CCCC=CC. The number of unbranched alkanes of at least 4 members (excludes halogenated alkanes) is 1. The lowest BCUT2D eigenvalue weighted by atomic mass is 10.1. The second-order valence-corrected chi connectivity index (χ2v) is 4.04. The molecule has 0 rings (SSSR count). The normalized spacial score (nSPS) is 11.1. The molecule has 0 saturated heterocycles. The zero-order valence-corrected chi connectivity index (χ0v) is 10.4. The van der Waals surface area contributed by atoms with Crippen molar-refractivity contribution in [2.75, 3.05) is 0 Å². The van der Waals surface area contributed by atoms with Gasteiger partial charge in [0.1, 0.15) is 0 Å². The van der Waals surface area contributed by atoms with Crippen LogP contribution in [0.2, 0.25) is 0 Å². The van der Waals surface area contributed by atoms with Crippen LogP contribution in [-0.4, -0.2) is 0 Å². The Hall–Kier alpha value is -1.04. The van der Waals surface area contributed by atoms with E-state index >= 15 is 0 Å². The first-order valence-corrected chi connectivity index (χ1v) is 5.75. The van der Waals surface area contributed by atoms with E-state index in [1.54, 1.807) is 0 Å². The van der Waals surface area contributed by atoms with Gasteiger partial charge in [0, 0.05) is 0 Å². The van der Waals surface area contributed by atoms with Crippen LogP contribution in [0.15, 0.2) is 48.1 Å². The second kappa shape index (κ2) is 9.51. The van der Waals surface area contributed by atoms with Crippen molar-refractivity contribution in [3.05, 3.63) is 48.1 Å². The molecule has 0 amide bonds. The molecule has 0 aliphatic rings. The molecule has 84 valence electrons. The van der Waals surface area contributed by atoms with E-state index in [2.05, 4.69) is 57.7 Å². The van der Waals surface area contributed by atoms with Crippen LogP contribution in [0.4, 0.5) is 0 Å². The molecule has 0 N–H and O–H groups in total. The lowest BCUT2D eigenvalue weighted by Gasteiger charge is -1.97. The fourth-order valence-corrected chi connectivity index (χ4v) is 1.34. The molecule has 0 aliphatic heterocycles. The van der Waals surface area contributed by atoms with E-state index in [1.165, 1.54) is 11.1 Å². The van der Waals surface area contributed by atoms with Crippen LogP contribution in [-0.2, 0) is 0 Å². The highest BCUT2D eigenvalue weighted by Gasteiger charge is 1.87. The van der Waals surface area contributed by atoms with Crippen LogP contribution >= 0.6 is 0 Å². The lowest BCUT2D eigenvalue weighted by Crippen LogP contribution is -1.77. The van der Waals surface area contributed by atoms with Gasteiger partial charge in [0.05, 0.1) is 0 Å². The summed E-state index contributed by atoms with van der Waals surface area (Å²) in [6.45, 7) is 10.3. The molecule has 0 aromatic rings. The third kappa shape index (κ3) is 10.9. The van der Waals surface area contributed by atoms with E-state index in [4.69, 9.17) is 0 Å². The predicted octanol–water partition coefficient (Wildman–Crippen LogP) is 5.20. The summed E-state index contributed by atoms with van der Waals surface area (Å²) in [6, 6.07) is 0. The van der Waals surface area contributed by atoms with Gasteiger partial charge in [0.2, 0.25) is 0 Å². The first kappa shape index (κ1) is 14.0. The molecule has 0 aromatic heterocycles. The summed E-state index contributed by atoms with van der Waals surface area (Å²) in [6.07, 6.45) is 15.5. The van der Waals surface area contributed by atoms with Gasteiger partial charge in [-0.25, -0.2) is 0 Å². The minimum atomic E-state index is 1.07. The van der Waals surface area contributed by atoms with Crippen molar-refractivity contribution < 1.29 is 0 Å². The van der Waals surface area contributed by atoms with E-state index in [0.29, 0.717) is 0 Å². The smallest absolute Gasteiger partial charge is 0.0250 e. The Morgan fingerprint density at radius 3 is 2.20 bits per heavy atom. The quantitative estimate of drug-likeness (QED) is 0.304. The van der Waals surface area contributed by atoms with Crippen molar-refractivity contribution in [2.24, 2.45) is 0 Å². The monoisotopic (exact) mass is 204 g/mol. The average molecular weight is 204 g/mol. The maximum atomic E-state index is 4.02. The van der Waals surface area contributed by atoms with E-state index in [9.17, 15) is 0 Å². The average Bonchev–Trinajstić information content (AvgIpc) is 2.15. The van der Waals surface area contributed by atoms with Crippen LogP contribution in [0.1, 0.15) is 46.5 Å². The number of allylic oxidation sites excluding steroid dienone is 7. The maximum Gasteiger partial charge on any atom is -0.0250 e. The Balaban J connectivity index is 3.53. The van der Waals surface area contributed by atoms with Crippen molar-refractivity contribution >= 4 is 0 Å². The predicted molar refractivity (Wildman–Crippen MR) is 71.0 cm³/mol. The van der Waals surface area contributed by atoms with E-state index < -0.39 is 0 Å². The summed E-state index contributed by atoms with van der Waals surface area (Å²) in [7, 11) is 0. The van der Waals surface area contributed by atoms with Gasteiger partial charge in [-0.2, -0.15) is 0 Å². The van der Waals surface area contributed by atoms with Crippen LogP contribution in [0, 0.1) is 0 Å². The van der Waals surface area contributed by atoms with Crippen molar-refractivity contribution in [1.29, 1.82) is 0 Å². The molecule has 0 atom stereocenters. The zero-order chi connectivity index (χ0) is 11.5. The van der Waals surface area contributed by atoms with Gasteiger partial charge < -0.3 is 0 Å². The van der Waals surface area contributed by atoms with Crippen LogP contribution in [0.5, 0.6) is 0 Å². The van der Waals surface area contributed by atoms with Crippen LogP contribution < -0.4 is 0 Å². The van der Waals surface area contributed by atoms with Gasteiger partial charge in [-0.3, -0.25) is 0 Å². The molecule has 0 aliphatic carbocycles. The third-order valence-corrected chi connectivity index (χ3v) is 2.03. The molecule has 0 heteroatoms. The highest BCUT2D eigenvalue weighted by molar-refractivity contribution is 5.18. The van der Waals surface area contributed by atoms with Crippen LogP contribution in [0.25, 0.3) is 0 Å². The van der Waals surface area contributed by atoms with Crippen molar-refractivity contribution in [1.82, 2.24) is 0 Å². The molecule has 0 fully saturated rings. The third-order valence-electron chi connectivity index (χ3n) is 2.03. The minimum Gasteiger partial charge on any atom is -0.0958 e. The Labute approximate surface area is 95.1 Å². The summed E-state index contributed by atoms with van der Waals surface area (Å²) in [5, 5.41) is 0. The summed E-state index contributed by atoms with van der Waals surface area (Å²) >= 11 is 0.